The number of benzene rings is 3. The number of ketones is 1. The Morgan fingerprint density at radius 2 is 1.78 bits per heavy atom. The zero-order valence-electron chi connectivity index (χ0n) is 21.0. The SMILES string of the molecule is CC[C@H](CO)NS(=O)(=O)c1ccc(-c2cc(CC(=O)C3(c4ccc5c(c4)OCO5)CC3)ccc2C)cc1.[HH]. The molecule has 37 heavy (non-hydrogen) atoms. The fourth-order valence-corrected chi connectivity index (χ4v) is 6.15. The zero-order valence-corrected chi connectivity index (χ0v) is 21.8. The Morgan fingerprint density at radius 3 is 2.46 bits per heavy atom. The maximum absolute atomic E-state index is 13.5. The maximum Gasteiger partial charge on any atom is 0.240 e. The lowest BCUT2D eigenvalue weighted by Gasteiger charge is -2.16. The molecule has 2 N–H and O–H groups in total. The van der Waals surface area contributed by atoms with Crippen molar-refractivity contribution in [3.63, 3.8) is 0 Å². The minimum absolute atomic E-state index is 0. The fourth-order valence-electron chi connectivity index (χ4n) is 4.84. The van der Waals surface area contributed by atoms with Crippen LogP contribution in [0.2, 0.25) is 0 Å². The van der Waals surface area contributed by atoms with E-state index in [0.29, 0.717) is 24.3 Å². The Balaban J connectivity index is 0.00000336. The number of rotatable bonds is 10. The highest BCUT2D eigenvalue weighted by molar-refractivity contribution is 7.89. The first-order valence-electron chi connectivity index (χ1n) is 12.5. The van der Waals surface area contributed by atoms with Gasteiger partial charge in [-0.25, -0.2) is 13.1 Å². The second-order valence-electron chi connectivity index (χ2n) is 9.83. The summed E-state index contributed by atoms with van der Waals surface area (Å²) in [4.78, 5) is 13.6. The lowest BCUT2D eigenvalue weighted by molar-refractivity contribution is -0.120. The Labute approximate surface area is 219 Å². The standard InChI is InChI=1S/C29H31NO6S.H2/c1-3-23(17-31)30-37(33,34)24-9-6-21(7-10-24)25-14-20(5-4-19(25)2)15-28(32)29(12-13-29)22-8-11-26-27(16-22)36-18-35-26;/h4-11,14,16,23,30-31H,3,12-13,15,17-18H2,1-2H3;1H/t23-;/m1./s1. The Morgan fingerprint density at radius 1 is 1.05 bits per heavy atom. The number of sulfonamides is 1. The fraction of sp³-hybridized carbons (Fsp3) is 0.345. The van der Waals surface area contributed by atoms with Gasteiger partial charge in [0.05, 0.1) is 16.9 Å². The molecule has 1 fully saturated rings. The second kappa shape index (κ2) is 9.93. The van der Waals surface area contributed by atoms with E-state index in [1.54, 1.807) is 24.3 Å². The van der Waals surface area contributed by atoms with Crippen molar-refractivity contribution in [2.24, 2.45) is 0 Å². The summed E-state index contributed by atoms with van der Waals surface area (Å²) in [7, 11) is -3.73. The van der Waals surface area contributed by atoms with Crippen molar-refractivity contribution >= 4 is 15.8 Å². The third kappa shape index (κ3) is 5.01. The van der Waals surface area contributed by atoms with Crippen molar-refractivity contribution in [3.8, 4) is 22.6 Å². The number of ether oxygens (including phenoxy) is 2. The number of carbonyl (C=O) groups is 1. The first kappa shape index (κ1) is 25.4. The molecular formula is C29H33NO6S. The molecule has 1 atom stereocenters. The van der Waals surface area contributed by atoms with Crippen molar-refractivity contribution in [1.29, 1.82) is 0 Å². The molecule has 1 saturated carbocycles. The van der Waals surface area contributed by atoms with E-state index in [1.165, 1.54) is 0 Å². The topological polar surface area (TPSA) is 102 Å². The minimum Gasteiger partial charge on any atom is -0.454 e. The average Bonchev–Trinajstić information content (AvgIpc) is 3.59. The summed E-state index contributed by atoms with van der Waals surface area (Å²) in [6.45, 7) is 3.76. The predicted octanol–water partition coefficient (Wildman–Crippen LogP) is 4.53. The molecule has 5 rings (SSSR count). The quantitative estimate of drug-likeness (QED) is 0.405. The number of aliphatic hydroxyl groups excluding tert-OH is 1. The molecule has 3 aromatic rings. The van der Waals surface area contributed by atoms with Crippen LogP contribution in [0.4, 0.5) is 0 Å². The van der Waals surface area contributed by atoms with Crippen LogP contribution in [-0.4, -0.2) is 38.7 Å². The molecule has 3 aromatic carbocycles. The van der Waals surface area contributed by atoms with Crippen molar-refractivity contribution < 1.29 is 29.2 Å². The number of aryl methyl sites for hydroxylation is 1. The van der Waals surface area contributed by atoms with Crippen LogP contribution in [0, 0.1) is 6.92 Å². The summed E-state index contributed by atoms with van der Waals surface area (Å²) in [6.07, 6.45) is 2.46. The Hall–Kier alpha value is -3.20. The Kier molecular flexibility index (Phi) is 6.83. The number of hydrogen-bond donors (Lipinski definition) is 2. The first-order valence-corrected chi connectivity index (χ1v) is 14.0. The van der Waals surface area contributed by atoms with E-state index >= 15 is 0 Å². The Bertz CT molecular complexity index is 1430. The van der Waals surface area contributed by atoms with E-state index in [2.05, 4.69) is 4.72 Å². The number of nitrogens with one attached hydrogen (secondary N) is 1. The summed E-state index contributed by atoms with van der Waals surface area (Å²) in [5.74, 6) is 1.59. The zero-order chi connectivity index (χ0) is 26.2. The van der Waals surface area contributed by atoms with Gasteiger partial charge >= 0.3 is 0 Å². The summed E-state index contributed by atoms with van der Waals surface area (Å²) in [5, 5.41) is 9.34. The molecule has 8 heteroatoms. The van der Waals surface area contributed by atoms with Gasteiger partial charge in [-0.1, -0.05) is 43.3 Å². The third-order valence-corrected chi connectivity index (χ3v) is 8.92. The lowest BCUT2D eigenvalue weighted by atomic mass is 9.87. The smallest absolute Gasteiger partial charge is 0.240 e. The van der Waals surface area contributed by atoms with Crippen molar-refractivity contribution in [1.82, 2.24) is 4.72 Å². The van der Waals surface area contributed by atoms with Crippen LogP contribution in [0.15, 0.2) is 65.6 Å². The predicted molar refractivity (Wildman–Crippen MR) is 142 cm³/mol. The maximum atomic E-state index is 13.5. The highest BCUT2D eigenvalue weighted by atomic mass is 32.2. The van der Waals surface area contributed by atoms with Gasteiger partial charge in [-0.05, 0) is 78.3 Å². The molecule has 1 aliphatic heterocycles. The summed E-state index contributed by atoms with van der Waals surface area (Å²) in [5.41, 5.74) is 4.29. The molecule has 1 aliphatic carbocycles. The van der Waals surface area contributed by atoms with Gasteiger partial charge in [0.1, 0.15) is 5.78 Å². The van der Waals surface area contributed by atoms with Gasteiger partial charge in [0, 0.05) is 13.9 Å². The van der Waals surface area contributed by atoms with Crippen LogP contribution >= 0.6 is 0 Å². The molecular weight excluding hydrogens is 490 g/mol. The first-order chi connectivity index (χ1) is 17.8. The van der Waals surface area contributed by atoms with Gasteiger partial charge in [0.25, 0.3) is 0 Å². The largest absolute Gasteiger partial charge is 0.454 e. The number of fused-ring (bicyclic) bond motifs is 1. The van der Waals surface area contributed by atoms with E-state index in [9.17, 15) is 18.3 Å². The van der Waals surface area contributed by atoms with E-state index < -0.39 is 21.5 Å². The van der Waals surface area contributed by atoms with Gasteiger partial charge in [-0.2, -0.15) is 0 Å². The van der Waals surface area contributed by atoms with Crippen molar-refractivity contribution in [2.75, 3.05) is 13.4 Å². The summed E-state index contributed by atoms with van der Waals surface area (Å²) >= 11 is 0. The number of carbonyl (C=O) groups excluding carboxylic acids is 1. The monoisotopic (exact) mass is 523 g/mol. The van der Waals surface area contributed by atoms with Crippen LogP contribution in [0.5, 0.6) is 11.5 Å². The summed E-state index contributed by atoms with van der Waals surface area (Å²) in [6, 6.07) is 17.9. The van der Waals surface area contributed by atoms with Gasteiger partial charge in [-0.15, -0.1) is 0 Å². The number of Topliss-reactive ketones (excluding diaryl/α,β-unsaturated/α-hetero) is 1. The molecule has 1 heterocycles. The molecule has 0 aromatic heterocycles. The van der Waals surface area contributed by atoms with Crippen LogP contribution in [0.1, 0.15) is 44.3 Å². The van der Waals surface area contributed by atoms with Crippen LogP contribution in [-0.2, 0) is 26.7 Å². The molecule has 0 bridgehead atoms. The molecule has 2 aliphatic rings. The minimum atomic E-state index is -3.73. The highest BCUT2D eigenvalue weighted by Crippen LogP contribution is 2.51. The van der Waals surface area contributed by atoms with Crippen LogP contribution in [0.3, 0.4) is 0 Å². The van der Waals surface area contributed by atoms with Gasteiger partial charge in [0.2, 0.25) is 16.8 Å². The van der Waals surface area contributed by atoms with Gasteiger partial charge < -0.3 is 14.6 Å². The van der Waals surface area contributed by atoms with Crippen molar-refractivity contribution in [2.45, 2.75) is 55.9 Å². The molecule has 0 saturated heterocycles. The van der Waals surface area contributed by atoms with Gasteiger partial charge in [-0.3, -0.25) is 4.79 Å². The molecule has 7 nitrogen and oxygen atoms in total. The van der Waals surface area contributed by atoms with E-state index in [1.807, 2.05) is 50.2 Å². The molecule has 0 spiro atoms. The van der Waals surface area contributed by atoms with Gasteiger partial charge in [0.15, 0.2) is 11.5 Å². The molecule has 0 unspecified atom stereocenters. The number of hydrogen-bond acceptors (Lipinski definition) is 6. The van der Waals surface area contributed by atoms with E-state index in [0.717, 1.165) is 40.7 Å². The van der Waals surface area contributed by atoms with Crippen molar-refractivity contribution in [3.05, 3.63) is 77.4 Å². The second-order valence-corrected chi connectivity index (χ2v) is 11.5. The molecule has 0 radical (unpaired) electrons. The third-order valence-electron chi connectivity index (χ3n) is 7.39. The number of aliphatic hydroxyl groups is 1. The average molecular weight is 524 g/mol. The van der Waals surface area contributed by atoms with E-state index in [4.69, 9.17) is 9.47 Å². The van der Waals surface area contributed by atoms with Crippen LogP contribution < -0.4 is 14.2 Å². The lowest BCUT2D eigenvalue weighted by Crippen LogP contribution is -2.36. The molecule has 196 valence electrons. The highest BCUT2D eigenvalue weighted by Gasteiger charge is 2.50. The molecule has 0 amide bonds. The summed E-state index contributed by atoms with van der Waals surface area (Å²) < 4.78 is 38.8. The van der Waals surface area contributed by atoms with Crippen LogP contribution in [0.25, 0.3) is 11.1 Å². The van der Waals surface area contributed by atoms with E-state index in [-0.39, 0.29) is 25.5 Å². The normalized spacial score (nSPS) is 16.4.